The molecule has 0 unspecified atom stereocenters. The molecule has 4 N–H and O–H groups in total. The maximum Gasteiger partial charge on any atom is 0.428 e. The van der Waals surface area contributed by atoms with Crippen LogP contribution in [0, 0.1) is 21.6 Å². The highest BCUT2D eigenvalue weighted by molar-refractivity contribution is 7.88. The number of carbonyl (C=O) groups is 1. The second-order valence-corrected chi connectivity index (χ2v) is 23.4. The summed E-state index contributed by atoms with van der Waals surface area (Å²) in [6, 6.07) is 28.7. The van der Waals surface area contributed by atoms with Gasteiger partial charge in [-0.3, -0.25) is 4.79 Å². The molecule has 0 amide bonds. The monoisotopic (exact) mass is 1180 g/mol. The molecule has 0 aliphatic rings. The highest BCUT2D eigenvalue weighted by Crippen LogP contribution is 2.49. The van der Waals surface area contributed by atoms with E-state index in [0.717, 1.165) is 60.7 Å². The highest BCUT2D eigenvalue weighted by atomic mass is 32.2. The van der Waals surface area contributed by atoms with E-state index in [1.54, 1.807) is 0 Å². The second kappa shape index (κ2) is 20.2. The first kappa shape index (κ1) is 54.2. The molecule has 10 aromatic rings. The molecule has 0 bridgehead atoms. The molecule has 10 aromatic carbocycles. The summed E-state index contributed by atoms with van der Waals surface area (Å²) in [6.07, 6.45) is 0. The number of hydrogen-bond acceptors (Lipinski definition) is 21. The average molecular weight is 1180 g/mol. The van der Waals surface area contributed by atoms with Gasteiger partial charge in [0.25, 0.3) is 0 Å². The number of phenolic OH excluding ortho intramolecular Hbond substituents is 4. The van der Waals surface area contributed by atoms with Crippen LogP contribution in [0.3, 0.4) is 0 Å². The lowest BCUT2D eigenvalue weighted by Crippen LogP contribution is -2.19. The van der Waals surface area contributed by atoms with Crippen molar-refractivity contribution in [3.05, 3.63) is 189 Å². The van der Waals surface area contributed by atoms with Crippen molar-refractivity contribution in [3.63, 3.8) is 0 Å². The zero-order valence-corrected chi connectivity index (χ0v) is 44.1. The van der Waals surface area contributed by atoms with Crippen LogP contribution in [0.5, 0.6) is 46.0 Å². The molecule has 10 rings (SSSR count). The fourth-order valence-electron chi connectivity index (χ4n) is 8.80. The Bertz CT molecular complexity index is 5140. The lowest BCUT2D eigenvalue weighted by molar-refractivity contribution is 0.103. The van der Waals surface area contributed by atoms with Crippen LogP contribution in [0.2, 0.25) is 0 Å². The Morgan fingerprint density at radius 1 is 0.354 bits per heavy atom. The first-order chi connectivity index (χ1) is 39.0. The summed E-state index contributed by atoms with van der Waals surface area (Å²) in [4.78, 5) is 23.7. The second-order valence-electron chi connectivity index (χ2n) is 17.3. The molecule has 0 saturated heterocycles. The van der Waals surface area contributed by atoms with Crippen molar-refractivity contribution in [1.29, 1.82) is 21.6 Å². The van der Waals surface area contributed by atoms with Gasteiger partial charge in [-0.25, -0.2) is 0 Å². The van der Waals surface area contributed by atoms with E-state index in [-0.39, 0.29) is 48.8 Å². The standard InChI is InChI=1S/C53H26N8O17S4/c54-58-38-22-20-32-36(48(38)63)14-7-15-43(32)79(67,68)76-42-23-21-37(47(62)27-16-18-28(19-17-27)75-80(69,70)44-24-39(59-55)49(64)33-11-4-1-8-29(33)44)52(77-81(71,72)45-25-40(60-56)50(65)34-12-5-2-9-30(34)45)53(42)78-82(73,74)46-26-41(61-57)51(66)35-13-6-3-10-31(35)46/h1-26H/p+4. The quantitative estimate of drug-likeness (QED) is 0.0446. The van der Waals surface area contributed by atoms with Crippen molar-refractivity contribution in [3.8, 4) is 46.0 Å². The van der Waals surface area contributed by atoms with Gasteiger partial charge in [0.2, 0.25) is 56.1 Å². The number of nitrogens with zero attached hydrogens (tertiary/aromatic N) is 8. The fourth-order valence-corrected chi connectivity index (χ4v) is 13.5. The van der Waals surface area contributed by atoms with E-state index in [2.05, 4.69) is 19.9 Å². The molecule has 0 aromatic heterocycles. The molecular weight excluding hydrogens is 1150 g/mol. The van der Waals surface area contributed by atoms with Gasteiger partial charge in [0, 0.05) is 54.7 Å². The number of ketones is 1. The Morgan fingerprint density at radius 3 is 1.16 bits per heavy atom. The molecule has 0 aliphatic carbocycles. The van der Waals surface area contributed by atoms with Crippen molar-refractivity contribution < 1.29 is 75.6 Å². The van der Waals surface area contributed by atoms with Crippen LogP contribution in [0.15, 0.2) is 177 Å². The predicted molar refractivity (Wildman–Crippen MR) is 289 cm³/mol. The zero-order valence-electron chi connectivity index (χ0n) is 40.8. The van der Waals surface area contributed by atoms with Crippen LogP contribution in [-0.2, 0) is 40.5 Å². The number of phenols is 4. The number of diazo groups is 4. The van der Waals surface area contributed by atoms with Crippen molar-refractivity contribution in [1.82, 2.24) is 0 Å². The van der Waals surface area contributed by atoms with Gasteiger partial charge in [-0.05, 0) is 48.5 Å². The normalized spacial score (nSPS) is 11.8. The van der Waals surface area contributed by atoms with Crippen LogP contribution < -0.4 is 16.7 Å². The first-order valence-corrected chi connectivity index (χ1v) is 28.7. The largest absolute Gasteiger partial charge is 0.501 e. The van der Waals surface area contributed by atoms with E-state index in [1.807, 2.05) is 0 Å². The Balaban J connectivity index is 1.18. The van der Waals surface area contributed by atoms with Gasteiger partial charge in [-0.2, -0.15) is 33.7 Å². The Kier molecular flexibility index (Phi) is 13.4. The van der Waals surface area contributed by atoms with Crippen LogP contribution in [0.25, 0.3) is 63.0 Å². The van der Waals surface area contributed by atoms with E-state index in [9.17, 15) is 80.5 Å². The minimum Gasteiger partial charge on any atom is -0.501 e. The molecule has 404 valence electrons. The minimum atomic E-state index is -5.65. The minimum absolute atomic E-state index is 0.0294. The first-order valence-electron chi connectivity index (χ1n) is 23.0. The van der Waals surface area contributed by atoms with Crippen LogP contribution in [0.4, 0.5) is 22.7 Å². The van der Waals surface area contributed by atoms with Gasteiger partial charge in [0.15, 0.2) is 31.4 Å². The van der Waals surface area contributed by atoms with Gasteiger partial charge in [-0.1, -0.05) is 84.9 Å². The zero-order chi connectivity index (χ0) is 58.6. The van der Waals surface area contributed by atoms with Gasteiger partial charge in [0.1, 0.15) is 25.3 Å². The molecule has 0 fully saturated rings. The van der Waals surface area contributed by atoms with Crippen molar-refractivity contribution in [2.24, 2.45) is 0 Å². The summed E-state index contributed by atoms with van der Waals surface area (Å²) in [5.41, 5.74) is -3.81. The maximum atomic E-state index is 15.0. The van der Waals surface area contributed by atoms with Gasteiger partial charge in [-0.15, -0.1) is 0 Å². The number of benzene rings is 10. The third kappa shape index (κ3) is 9.36. The summed E-state index contributed by atoms with van der Waals surface area (Å²) in [5, 5.41) is 80.3. The lowest BCUT2D eigenvalue weighted by Gasteiger charge is -2.20. The van der Waals surface area contributed by atoms with E-state index in [0.29, 0.717) is 18.2 Å². The van der Waals surface area contributed by atoms with Crippen LogP contribution in [-0.4, -0.2) is 59.9 Å². The molecule has 0 atom stereocenters. The topological polar surface area (TPSA) is 384 Å². The highest BCUT2D eigenvalue weighted by Gasteiger charge is 2.38. The fraction of sp³-hybridized carbons (Fsp3) is 0. The van der Waals surface area contributed by atoms with Crippen LogP contribution in [0.1, 0.15) is 15.9 Å². The molecule has 29 heteroatoms. The number of hydrogen-bond donors (Lipinski definition) is 4. The average Bonchev–Trinajstić information content (AvgIpc) is 3.64. The van der Waals surface area contributed by atoms with E-state index in [4.69, 9.17) is 16.7 Å². The van der Waals surface area contributed by atoms with E-state index < -0.39 is 140 Å². The summed E-state index contributed by atoms with van der Waals surface area (Å²) >= 11 is 0. The molecule has 25 nitrogen and oxygen atoms in total. The summed E-state index contributed by atoms with van der Waals surface area (Å²) in [5.74, 6) is -8.59. The molecule has 0 spiro atoms. The lowest BCUT2D eigenvalue weighted by atomic mass is 10.0. The number of carbonyl (C=O) groups excluding carboxylic acids is 1. The Hall–Kier alpha value is -11.2. The summed E-state index contributed by atoms with van der Waals surface area (Å²) in [7, 11) is -21.5. The predicted octanol–water partition coefficient (Wildman–Crippen LogP) is 11.4. The van der Waals surface area contributed by atoms with Gasteiger partial charge in [0.05, 0.1) is 23.8 Å². The third-order valence-corrected chi connectivity index (χ3v) is 17.7. The molecule has 0 aliphatic heterocycles. The van der Waals surface area contributed by atoms with Crippen molar-refractivity contribution in [2.45, 2.75) is 19.6 Å². The molecule has 82 heavy (non-hydrogen) atoms. The third-order valence-electron chi connectivity index (χ3n) is 12.6. The van der Waals surface area contributed by atoms with Crippen molar-refractivity contribution in [2.75, 3.05) is 0 Å². The molecule has 0 radical (unpaired) electrons. The van der Waals surface area contributed by atoms with Crippen LogP contribution >= 0.6 is 0 Å². The SMILES string of the molecule is N#[N+]c1cc(S(=O)(=O)Oc2ccc(C(=O)c3ccc(OS(=O)(=O)c4cccc5c(O)c([N+]#N)ccc45)c(OS(=O)(=O)c4cc([N+]#N)c(O)c5ccccc45)c3OS(=O)(=O)c3cc([N+]#N)c(O)c4ccccc34)cc2)c2ccccc2c1O. The number of aromatic hydroxyl groups is 4. The summed E-state index contributed by atoms with van der Waals surface area (Å²) < 4.78 is 139. The molecular formula is C53H30N8O17S4+4. The molecule has 0 saturated carbocycles. The molecule has 0 heterocycles. The van der Waals surface area contributed by atoms with Crippen molar-refractivity contribution >= 4 is 112 Å². The van der Waals surface area contributed by atoms with E-state index in [1.165, 1.54) is 78.9 Å². The Morgan fingerprint density at radius 2 is 0.720 bits per heavy atom. The number of fused-ring (bicyclic) bond motifs is 4. The van der Waals surface area contributed by atoms with E-state index >= 15 is 0 Å². The smallest absolute Gasteiger partial charge is 0.428 e. The summed E-state index contributed by atoms with van der Waals surface area (Å²) in [6.45, 7) is 0. The number of rotatable bonds is 14. The maximum absolute atomic E-state index is 15.0. The van der Waals surface area contributed by atoms with Gasteiger partial charge < -0.3 is 37.2 Å². The van der Waals surface area contributed by atoms with Gasteiger partial charge >= 0.3 is 63.2 Å². The Labute approximate surface area is 461 Å².